The summed E-state index contributed by atoms with van der Waals surface area (Å²) in [6.45, 7) is 2.12. The van der Waals surface area contributed by atoms with Crippen LogP contribution in [0.5, 0.6) is 0 Å². The van der Waals surface area contributed by atoms with Gasteiger partial charge in [0.1, 0.15) is 5.00 Å². The summed E-state index contributed by atoms with van der Waals surface area (Å²) in [6, 6.07) is 11.4. The van der Waals surface area contributed by atoms with Gasteiger partial charge in [0, 0.05) is 32.3 Å². The second-order valence-electron chi connectivity index (χ2n) is 5.27. The second-order valence-corrected chi connectivity index (χ2v) is 6.07. The Morgan fingerprint density at radius 1 is 1.30 bits per heavy atom. The number of hydrogen-bond acceptors (Lipinski definition) is 4. The summed E-state index contributed by atoms with van der Waals surface area (Å²) in [5.74, 6) is -0.356. The Labute approximate surface area is 139 Å². The van der Waals surface area contributed by atoms with Crippen LogP contribution in [0, 0.1) is 5.92 Å². The van der Waals surface area contributed by atoms with Crippen molar-refractivity contribution in [1.29, 1.82) is 0 Å². The molecular formula is C16H20N4O2S. The molecule has 122 valence electrons. The van der Waals surface area contributed by atoms with Crippen LogP contribution >= 0.6 is 11.5 Å². The molecule has 0 unspecified atom stereocenters. The van der Waals surface area contributed by atoms with Gasteiger partial charge in [0.05, 0.1) is 11.6 Å². The van der Waals surface area contributed by atoms with E-state index in [1.54, 1.807) is 21.0 Å². The van der Waals surface area contributed by atoms with Gasteiger partial charge in [-0.3, -0.25) is 10.1 Å². The van der Waals surface area contributed by atoms with Crippen LogP contribution in [0.4, 0.5) is 9.80 Å². The molecule has 23 heavy (non-hydrogen) atoms. The first kappa shape index (κ1) is 17.0. The van der Waals surface area contributed by atoms with Crippen LogP contribution in [0.15, 0.2) is 36.4 Å². The van der Waals surface area contributed by atoms with Gasteiger partial charge in [0.25, 0.3) is 0 Å². The van der Waals surface area contributed by atoms with Crippen molar-refractivity contribution in [1.82, 2.24) is 14.6 Å². The molecule has 2 N–H and O–H groups in total. The van der Waals surface area contributed by atoms with E-state index in [9.17, 15) is 9.59 Å². The lowest BCUT2D eigenvalue weighted by molar-refractivity contribution is -0.124. The Bertz CT molecular complexity index is 672. The molecule has 0 saturated heterocycles. The lowest BCUT2D eigenvalue weighted by Gasteiger charge is -2.20. The first-order chi connectivity index (χ1) is 11.0. The third-order valence-electron chi connectivity index (χ3n) is 3.40. The molecule has 1 atom stereocenters. The third-order valence-corrected chi connectivity index (χ3v) is 4.10. The fraction of sp³-hybridized carbons (Fsp3) is 0.312. The predicted molar refractivity (Wildman–Crippen MR) is 92.4 cm³/mol. The van der Waals surface area contributed by atoms with Crippen LogP contribution in [0.2, 0.25) is 0 Å². The Kier molecular flexibility index (Phi) is 5.70. The van der Waals surface area contributed by atoms with Crippen LogP contribution in [-0.4, -0.2) is 41.9 Å². The normalized spacial score (nSPS) is 11.6. The minimum Gasteiger partial charge on any atom is -0.359 e. The lowest BCUT2D eigenvalue weighted by Crippen LogP contribution is -2.39. The summed E-state index contributed by atoms with van der Waals surface area (Å²) in [7, 11) is 3.25. The van der Waals surface area contributed by atoms with E-state index in [4.69, 9.17) is 0 Å². The van der Waals surface area contributed by atoms with Crippen LogP contribution in [0.25, 0.3) is 11.3 Å². The van der Waals surface area contributed by atoms with Gasteiger partial charge < -0.3 is 10.2 Å². The van der Waals surface area contributed by atoms with Crippen molar-refractivity contribution < 1.29 is 9.59 Å². The number of carbonyl (C=O) groups is 2. The second kappa shape index (κ2) is 7.73. The van der Waals surface area contributed by atoms with E-state index in [1.165, 1.54) is 16.4 Å². The number of anilines is 1. The minimum absolute atomic E-state index is 0.0891. The van der Waals surface area contributed by atoms with Crippen molar-refractivity contribution in [2.24, 2.45) is 5.92 Å². The molecule has 2 rings (SSSR count). The molecule has 1 aromatic carbocycles. The molecule has 3 amide bonds. The van der Waals surface area contributed by atoms with E-state index in [2.05, 4.69) is 15.0 Å². The van der Waals surface area contributed by atoms with E-state index in [1.807, 2.05) is 36.4 Å². The maximum atomic E-state index is 12.2. The average Bonchev–Trinajstić information content (AvgIpc) is 3.03. The van der Waals surface area contributed by atoms with Crippen molar-refractivity contribution in [2.45, 2.75) is 6.92 Å². The first-order valence-electron chi connectivity index (χ1n) is 7.27. The maximum Gasteiger partial charge on any atom is 0.322 e. The number of rotatable bonds is 5. The molecule has 1 aromatic heterocycles. The number of aromatic nitrogens is 1. The molecule has 0 fully saturated rings. The number of amides is 3. The SMILES string of the molecule is CNC(=O)[C@@H](C)CN(C)C(=O)Nc1cc(-c2ccccc2)ns1. The molecule has 0 aliphatic carbocycles. The zero-order valence-electron chi connectivity index (χ0n) is 13.4. The Hall–Kier alpha value is -2.41. The molecule has 0 aliphatic heterocycles. The van der Waals surface area contributed by atoms with Crippen molar-refractivity contribution >= 4 is 28.5 Å². The van der Waals surface area contributed by atoms with E-state index in [-0.39, 0.29) is 17.9 Å². The van der Waals surface area contributed by atoms with E-state index in [0.29, 0.717) is 11.5 Å². The number of carbonyl (C=O) groups excluding carboxylic acids is 2. The van der Waals surface area contributed by atoms with Gasteiger partial charge in [0.2, 0.25) is 5.91 Å². The summed E-state index contributed by atoms with van der Waals surface area (Å²) in [5.41, 5.74) is 1.83. The fourth-order valence-electron chi connectivity index (χ4n) is 2.10. The van der Waals surface area contributed by atoms with Crippen LogP contribution in [0.3, 0.4) is 0 Å². The highest BCUT2D eigenvalue weighted by Crippen LogP contribution is 2.25. The van der Waals surface area contributed by atoms with Gasteiger partial charge in [0.15, 0.2) is 0 Å². The largest absolute Gasteiger partial charge is 0.359 e. The Morgan fingerprint density at radius 3 is 2.65 bits per heavy atom. The van der Waals surface area contributed by atoms with Crippen molar-refractivity contribution in [3.05, 3.63) is 36.4 Å². The average molecular weight is 332 g/mol. The smallest absolute Gasteiger partial charge is 0.322 e. The Morgan fingerprint density at radius 2 is 2.00 bits per heavy atom. The van der Waals surface area contributed by atoms with Crippen LogP contribution in [-0.2, 0) is 4.79 Å². The molecule has 0 aliphatic rings. The predicted octanol–water partition coefficient (Wildman–Crippen LogP) is 2.66. The molecular weight excluding hydrogens is 312 g/mol. The summed E-state index contributed by atoms with van der Waals surface area (Å²) in [4.78, 5) is 25.2. The summed E-state index contributed by atoms with van der Waals surface area (Å²) < 4.78 is 4.35. The highest BCUT2D eigenvalue weighted by molar-refractivity contribution is 7.10. The number of nitrogens with zero attached hydrogens (tertiary/aromatic N) is 2. The number of benzene rings is 1. The molecule has 0 saturated carbocycles. The van der Waals surface area contributed by atoms with Gasteiger partial charge in [-0.25, -0.2) is 4.79 Å². The van der Waals surface area contributed by atoms with Crippen molar-refractivity contribution in [3.8, 4) is 11.3 Å². The van der Waals surface area contributed by atoms with Crippen molar-refractivity contribution in [2.75, 3.05) is 26.0 Å². The Balaban J connectivity index is 1.95. The summed E-state index contributed by atoms with van der Waals surface area (Å²) in [6.07, 6.45) is 0. The summed E-state index contributed by atoms with van der Waals surface area (Å²) in [5, 5.41) is 6.05. The highest BCUT2D eigenvalue weighted by atomic mass is 32.1. The number of nitrogens with one attached hydrogen (secondary N) is 2. The maximum absolute atomic E-state index is 12.2. The van der Waals surface area contributed by atoms with Gasteiger partial charge in [-0.05, 0) is 11.5 Å². The quantitative estimate of drug-likeness (QED) is 0.884. The van der Waals surface area contributed by atoms with Gasteiger partial charge in [-0.2, -0.15) is 4.37 Å². The molecule has 0 spiro atoms. The van der Waals surface area contributed by atoms with Gasteiger partial charge >= 0.3 is 6.03 Å². The topological polar surface area (TPSA) is 74.3 Å². The van der Waals surface area contributed by atoms with E-state index >= 15 is 0 Å². The van der Waals surface area contributed by atoms with Crippen LogP contribution < -0.4 is 10.6 Å². The minimum atomic E-state index is -0.267. The number of urea groups is 1. The highest BCUT2D eigenvalue weighted by Gasteiger charge is 2.18. The van der Waals surface area contributed by atoms with Gasteiger partial charge in [-0.1, -0.05) is 37.3 Å². The molecule has 7 heteroatoms. The molecule has 2 aromatic rings. The molecule has 0 radical (unpaired) electrons. The fourth-order valence-corrected chi connectivity index (χ4v) is 2.76. The van der Waals surface area contributed by atoms with Crippen LogP contribution in [0.1, 0.15) is 6.92 Å². The number of hydrogen-bond donors (Lipinski definition) is 2. The van der Waals surface area contributed by atoms with Gasteiger partial charge in [-0.15, -0.1) is 0 Å². The molecule has 0 bridgehead atoms. The molecule has 6 nitrogen and oxygen atoms in total. The third kappa shape index (κ3) is 4.53. The first-order valence-corrected chi connectivity index (χ1v) is 8.04. The molecule has 1 heterocycles. The zero-order chi connectivity index (χ0) is 16.8. The lowest BCUT2D eigenvalue weighted by atomic mass is 10.1. The van der Waals surface area contributed by atoms with E-state index < -0.39 is 0 Å². The zero-order valence-corrected chi connectivity index (χ0v) is 14.2. The summed E-state index contributed by atoms with van der Waals surface area (Å²) >= 11 is 1.23. The monoisotopic (exact) mass is 332 g/mol. The van der Waals surface area contributed by atoms with E-state index in [0.717, 1.165) is 11.3 Å². The standard InChI is InChI=1S/C16H20N4O2S/c1-11(15(21)17-2)10-20(3)16(22)18-14-9-13(19-23-14)12-7-5-4-6-8-12/h4-9,11H,10H2,1-3H3,(H,17,21)(H,18,22)/t11-/m0/s1. The van der Waals surface area contributed by atoms with Crippen molar-refractivity contribution in [3.63, 3.8) is 0 Å².